The van der Waals surface area contributed by atoms with Crippen molar-refractivity contribution < 1.29 is 17.9 Å². The molecule has 0 bridgehead atoms. The topological polar surface area (TPSA) is 72.5 Å². The van der Waals surface area contributed by atoms with Crippen LogP contribution in [0.4, 0.5) is 5.69 Å². The number of rotatable bonds is 9. The summed E-state index contributed by atoms with van der Waals surface area (Å²) >= 11 is 1.13. The first-order chi connectivity index (χ1) is 12.0. The van der Waals surface area contributed by atoms with Gasteiger partial charge in [-0.15, -0.1) is 11.3 Å². The fourth-order valence-corrected chi connectivity index (χ4v) is 4.34. The largest absolute Gasteiger partial charge is 0.465 e. The van der Waals surface area contributed by atoms with E-state index >= 15 is 0 Å². The number of carbonyl (C=O) groups is 1. The Labute approximate surface area is 153 Å². The molecule has 25 heavy (non-hydrogen) atoms. The van der Waals surface area contributed by atoms with E-state index in [4.69, 9.17) is 0 Å². The highest BCUT2D eigenvalue weighted by atomic mass is 32.2. The minimum Gasteiger partial charge on any atom is -0.465 e. The van der Waals surface area contributed by atoms with Gasteiger partial charge in [-0.2, -0.15) is 0 Å². The summed E-state index contributed by atoms with van der Waals surface area (Å²) in [5.41, 5.74) is 1.36. The zero-order chi connectivity index (χ0) is 18.3. The number of hydrogen-bond acceptors (Lipinski definition) is 5. The Balaban J connectivity index is 2.07. The number of hydrogen-bond donors (Lipinski definition) is 1. The van der Waals surface area contributed by atoms with E-state index in [2.05, 4.69) is 16.4 Å². The smallest absolute Gasteiger partial charge is 0.350 e. The van der Waals surface area contributed by atoms with Crippen LogP contribution in [0.25, 0.3) is 0 Å². The number of esters is 1. The van der Waals surface area contributed by atoms with Crippen LogP contribution in [0.15, 0.2) is 40.6 Å². The summed E-state index contributed by atoms with van der Waals surface area (Å²) in [7, 11) is -2.48. The van der Waals surface area contributed by atoms with Crippen LogP contribution < -0.4 is 4.72 Å². The second-order valence-corrected chi connectivity index (χ2v) is 8.31. The fourth-order valence-electron chi connectivity index (χ4n) is 2.44. The molecule has 0 unspecified atom stereocenters. The predicted octanol–water partition coefficient (Wildman–Crippen LogP) is 4.46. The van der Waals surface area contributed by atoms with Crippen LogP contribution in [0.3, 0.4) is 0 Å². The number of nitrogens with one attached hydrogen (secondary N) is 1. The molecule has 1 N–H and O–H groups in total. The molecule has 7 heteroatoms. The lowest BCUT2D eigenvalue weighted by molar-refractivity contribution is 0.0607. The monoisotopic (exact) mass is 381 g/mol. The minimum atomic E-state index is -3.74. The molecule has 1 aromatic carbocycles. The number of thiophene rings is 1. The number of methoxy groups -OCH3 is 1. The first-order valence-corrected chi connectivity index (χ1v) is 10.6. The highest BCUT2D eigenvalue weighted by molar-refractivity contribution is 7.92. The Morgan fingerprint density at radius 3 is 2.48 bits per heavy atom. The Morgan fingerprint density at radius 2 is 1.84 bits per heavy atom. The van der Waals surface area contributed by atoms with E-state index in [9.17, 15) is 13.2 Å². The van der Waals surface area contributed by atoms with Crippen molar-refractivity contribution in [2.24, 2.45) is 0 Å². The fraction of sp³-hybridized carbons (Fsp3) is 0.389. The molecule has 0 saturated carbocycles. The lowest BCUT2D eigenvalue weighted by Crippen LogP contribution is -2.14. The molecule has 0 fully saturated rings. The van der Waals surface area contributed by atoms with Crippen molar-refractivity contribution in [3.63, 3.8) is 0 Å². The maximum Gasteiger partial charge on any atom is 0.350 e. The van der Waals surface area contributed by atoms with Crippen LogP contribution in [0, 0.1) is 0 Å². The standard InChI is InChI=1S/C18H23NO4S2/c1-3-4-5-6-7-14-8-10-15(11-9-14)25(21,22)19-16-12-13-24-17(16)18(20)23-2/h8-13,19H,3-7H2,1-2H3. The third kappa shape index (κ3) is 5.31. The Morgan fingerprint density at radius 1 is 1.12 bits per heavy atom. The van der Waals surface area contributed by atoms with Crippen molar-refractivity contribution >= 4 is 33.0 Å². The summed E-state index contributed by atoms with van der Waals surface area (Å²) in [6.07, 6.45) is 5.66. The van der Waals surface area contributed by atoms with Gasteiger partial charge in [0.25, 0.3) is 10.0 Å². The van der Waals surface area contributed by atoms with Gasteiger partial charge in [0, 0.05) is 0 Å². The van der Waals surface area contributed by atoms with E-state index in [1.165, 1.54) is 26.4 Å². The summed E-state index contributed by atoms with van der Waals surface area (Å²) in [4.78, 5) is 12.1. The van der Waals surface area contributed by atoms with Crippen molar-refractivity contribution in [2.45, 2.75) is 43.9 Å². The van der Waals surface area contributed by atoms with Gasteiger partial charge in [0.05, 0.1) is 17.7 Å². The van der Waals surface area contributed by atoms with E-state index in [1.54, 1.807) is 23.6 Å². The predicted molar refractivity (Wildman–Crippen MR) is 101 cm³/mol. The third-order valence-electron chi connectivity index (χ3n) is 3.83. The molecule has 2 aromatic rings. The Hall–Kier alpha value is -1.86. The summed E-state index contributed by atoms with van der Waals surface area (Å²) in [5.74, 6) is -0.560. The SMILES string of the molecule is CCCCCCc1ccc(S(=O)(=O)Nc2ccsc2C(=O)OC)cc1. The first kappa shape index (κ1) is 19.5. The molecular weight excluding hydrogens is 358 g/mol. The van der Waals surface area contributed by atoms with E-state index in [-0.39, 0.29) is 15.5 Å². The number of anilines is 1. The van der Waals surface area contributed by atoms with Crippen LogP contribution in [0.1, 0.15) is 47.8 Å². The van der Waals surface area contributed by atoms with Gasteiger partial charge >= 0.3 is 5.97 Å². The number of carbonyl (C=O) groups excluding carboxylic acids is 1. The summed E-state index contributed by atoms with van der Waals surface area (Å²) < 4.78 is 32.2. The van der Waals surface area contributed by atoms with Crippen LogP contribution in [0.5, 0.6) is 0 Å². The van der Waals surface area contributed by atoms with Gasteiger partial charge in [-0.05, 0) is 42.0 Å². The van der Waals surface area contributed by atoms with Crippen LogP contribution in [-0.4, -0.2) is 21.5 Å². The van der Waals surface area contributed by atoms with Gasteiger partial charge in [0.1, 0.15) is 4.88 Å². The molecule has 0 aliphatic heterocycles. The van der Waals surface area contributed by atoms with Gasteiger partial charge in [0.2, 0.25) is 0 Å². The second-order valence-electron chi connectivity index (χ2n) is 5.72. The molecule has 0 aliphatic carbocycles. The van der Waals surface area contributed by atoms with Gasteiger partial charge in [-0.25, -0.2) is 13.2 Å². The average molecular weight is 382 g/mol. The number of sulfonamides is 1. The van der Waals surface area contributed by atoms with Crippen LogP contribution in [-0.2, 0) is 21.2 Å². The maximum atomic E-state index is 12.5. The van der Waals surface area contributed by atoms with E-state index in [1.807, 2.05) is 12.1 Å². The normalized spacial score (nSPS) is 11.3. The molecule has 0 atom stereocenters. The van der Waals surface area contributed by atoms with E-state index in [0.29, 0.717) is 0 Å². The van der Waals surface area contributed by atoms with Gasteiger partial charge in [0.15, 0.2) is 0 Å². The van der Waals surface area contributed by atoms with Crippen molar-refractivity contribution in [1.82, 2.24) is 0 Å². The van der Waals surface area contributed by atoms with Gasteiger partial charge in [-0.1, -0.05) is 38.3 Å². The van der Waals surface area contributed by atoms with Crippen LogP contribution >= 0.6 is 11.3 Å². The molecule has 0 aliphatic rings. The van der Waals surface area contributed by atoms with Gasteiger partial charge in [-0.3, -0.25) is 4.72 Å². The lowest BCUT2D eigenvalue weighted by atomic mass is 10.1. The molecular formula is C18H23NO4S2. The second kappa shape index (κ2) is 9.01. The molecule has 1 heterocycles. The van der Waals surface area contributed by atoms with E-state index in [0.717, 1.165) is 29.7 Å². The number of unbranched alkanes of at least 4 members (excludes halogenated alkanes) is 3. The molecule has 1 aromatic heterocycles. The van der Waals surface area contributed by atoms with Gasteiger partial charge < -0.3 is 4.74 Å². The Bertz CT molecular complexity index is 795. The molecule has 0 radical (unpaired) electrons. The van der Waals surface area contributed by atoms with Crippen molar-refractivity contribution in [3.05, 3.63) is 46.2 Å². The minimum absolute atomic E-state index is 0.173. The summed E-state index contributed by atoms with van der Waals surface area (Å²) in [5, 5.41) is 1.64. The molecule has 0 saturated heterocycles. The number of ether oxygens (including phenoxy) is 1. The highest BCUT2D eigenvalue weighted by Crippen LogP contribution is 2.26. The zero-order valence-electron chi connectivity index (χ0n) is 14.4. The van der Waals surface area contributed by atoms with Crippen molar-refractivity contribution in [3.8, 4) is 0 Å². The quantitative estimate of drug-likeness (QED) is 0.514. The summed E-state index contributed by atoms with van der Waals surface area (Å²) in [6.45, 7) is 2.17. The van der Waals surface area contributed by atoms with Crippen LogP contribution in [0.2, 0.25) is 0 Å². The zero-order valence-corrected chi connectivity index (χ0v) is 16.1. The molecule has 0 spiro atoms. The maximum absolute atomic E-state index is 12.5. The molecule has 5 nitrogen and oxygen atoms in total. The molecule has 0 amide bonds. The van der Waals surface area contributed by atoms with Crippen molar-refractivity contribution in [2.75, 3.05) is 11.8 Å². The number of benzene rings is 1. The number of aryl methyl sites for hydroxylation is 1. The summed E-state index contributed by atoms with van der Waals surface area (Å²) in [6, 6.07) is 8.44. The third-order valence-corrected chi connectivity index (χ3v) is 6.11. The highest BCUT2D eigenvalue weighted by Gasteiger charge is 2.20. The lowest BCUT2D eigenvalue weighted by Gasteiger charge is -2.09. The molecule has 136 valence electrons. The molecule has 2 rings (SSSR count). The Kier molecular flexibility index (Phi) is 7.01. The van der Waals surface area contributed by atoms with Crippen molar-refractivity contribution in [1.29, 1.82) is 0 Å². The average Bonchev–Trinajstić information content (AvgIpc) is 3.06. The van der Waals surface area contributed by atoms with E-state index < -0.39 is 16.0 Å². The first-order valence-electron chi connectivity index (χ1n) is 8.25.